The molecule has 0 heterocycles. The van der Waals surface area contributed by atoms with Gasteiger partial charge in [-0.2, -0.15) is 0 Å². The maximum atomic E-state index is 12.5. The predicted octanol–water partition coefficient (Wildman–Crippen LogP) is 21.5. The third-order valence-electron chi connectivity index (χ3n) is 15.7. The van der Waals surface area contributed by atoms with Gasteiger partial charge in [0, 0.05) is 12.8 Å². The number of rotatable bonds is 63. The van der Waals surface area contributed by atoms with Gasteiger partial charge in [0.1, 0.15) is 0 Å². The number of amides is 1. The molecule has 3 N–H and O–H groups in total. The van der Waals surface area contributed by atoms with E-state index in [-0.39, 0.29) is 18.5 Å². The van der Waals surface area contributed by atoms with Crippen LogP contribution in [0.4, 0.5) is 0 Å². The quantitative estimate of drug-likeness (QED) is 0.0320. The normalized spacial score (nSPS) is 12.7. The molecule has 6 nitrogen and oxygen atoms in total. The summed E-state index contributed by atoms with van der Waals surface area (Å²) < 4.78 is 5.48. The van der Waals surface area contributed by atoms with Crippen molar-refractivity contribution in [2.75, 3.05) is 13.2 Å². The number of aliphatic hydroxyl groups excluding tert-OH is 2. The molecule has 6 heteroatoms. The van der Waals surface area contributed by atoms with E-state index < -0.39 is 12.1 Å². The van der Waals surface area contributed by atoms with Crippen LogP contribution in [0, 0.1) is 0 Å². The summed E-state index contributed by atoms with van der Waals surface area (Å²) in [5.41, 5.74) is 0. The largest absolute Gasteiger partial charge is 0.466 e. The average Bonchev–Trinajstić information content (AvgIpc) is 3.41. The fraction of sp³-hybridized carbons (Fsp3) is 0.884. The molecule has 442 valence electrons. The first-order valence-electron chi connectivity index (χ1n) is 33.8. The van der Waals surface area contributed by atoms with Crippen LogP contribution in [0.2, 0.25) is 0 Å². The first-order valence-corrected chi connectivity index (χ1v) is 33.8. The molecule has 0 saturated heterocycles. The number of carbonyl (C=O) groups is 2. The first-order chi connectivity index (χ1) is 37.0. The number of nitrogens with one attached hydrogen (secondary N) is 1. The van der Waals surface area contributed by atoms with E-state index in [9.17, 15) is 19.8 Å². The van der Waals surface area contributed by atoms with Gasteiger partial charge in [-0.25, -0.2) is 0 Å². The third-order valence-corrected chi connectivity index (χ3v) is 15.7. The maximum Gasteiger partial charge on any atom is 0.305 e. The van der Waals surface area contributed by atoms with Crippen LogP contribution in [0.25, 0.3) is 0 Å². The van der Waals surface area contributed by atoms with Gasteiger partial charge in [0.15, 0.2) is 0 Å². The topological polar surface area (TPSA) is 95.9 Å². The summed E-state index contributed by atoms with van der Waals surface area (Å²) in [6.07, 6.45) is 82.0. The van der Waals surface area contributed by atoms with E-state index in [1.165, 1.54) is 289 Å². The monoisotopic (exact) mass is 1050 g/mol. The minimum atomic E-state index is -0.847. The Balaban J connectivity index is 3.42. The van der Waals surface area contributed by atoms with Crippen LogP contribution in [-0.4, -0.2) is 47.4 Å². The van der Waals surface area contributed by atoms with Crippen molar-refractivity contribution in [2.45, 2.75) is 379 Å². The summed E-state index contributed by atoms with van der Waals surface area (Å²) in [5.74, 6) is -0.0685. The molecule has 0 fully saturated rings. The van der Waals surface area contributed by atoms with Gasteiger partial charge >= 0.3 is 5.97 Å². The maximum absolute atomic E-state index is 12.5. The molecule has 0 bridgehead atoms. The van der Waals surface area contributed by atoms with Gasteiger partial charge < -0.3 is 20.3 Å². The van der Waals surface area contributed by atoms with Crippen molar-refractivity contribution < 1.29 is 24.5 Å². The van der Waals surface area contributed by atoms with Crippen LogP contribution >= 0.6 is 0 Å². The third kappa shape index (κ3) is 61.2. The van der Waals surface area contributed by atoms with Gasteiger partial charge in [-0.05, 0) is 57.8 Å². The molecule has 0 aromatic carbocycles. The zero-order valence-corrected chi connectivity index (χ0v) is 50.5. The second-order valence-corrected chi connectivity index (χ2v) is 23.2. The van der Waals surface area contributed by atoms with E-state index in [2.05, 4.69) is 43.5 Å². The Kier molecular flexibility index (Phi) is 63.0. The van der Waals surface area contributed by atoms with Gasteiger partial charge in [-0.3, -0.25) is 9.59 Å². The fourth-order valence-electron chi connectivity index (χ4n) is 10.5. The molecule has 0 aliphatic rings. The summed E-state index contributed by atoms with van der Waals surface area (Å²) in [5, 5.41) is 23.3. The molecule has 2 unspecified atom stereocenters. The zero-order valence-electron chi connectivity index (χ0n) is 50.5. The van der Waals surface area contributed by atoms with E-state index in [1.807, 2.05) is 6.08 Å². The molecule has 0 saturated carbocycles. The molecule has 0 aromatic heterocycles. The SMILES string of the molecule is CCCC/C=C\C/C=C\CCCCCCCC(=O)OCCCCCCCCCCCCCCCCCCCCCCCC(=O)NC(CO)C(O)/C=C/CCCCCCCCCCCCCCCCCCCCCCC. The highest BCUT2D eigenvalue weighted by Gasteiger charge is 2.18. The lowest BCUT2D eigenvalue weighted by Crippen LogP contribution is -2.45. The lowest BCUT2D eigenvalue weighted by molar-refractivity contribution is -0.143. The highest BCUT2D eigenvalue weighted by Crippen LogP contribution is 2.18. The zero-order chi connectivity index (χ0) is 54.3. The Morgan fingerprint density at radius 3 is 1.05 bits per heavy atom. The Morgan fingerprint density at radius 1 is 0.373 bits per heavy atom. The molecule has 75 heavy (non-hydrogen) atoms. The first kappa shape index (κ1) is 73.1. The summed E-state index contributed by atoms with van der Waals surface area (Å²) >= 11 is 0. The molecule has 0 radical (unpaired) electrons. The second-order valence-electron chi connectivity index (χ2n) is 23.2. The van der Waals surface area contributed by atoms with Gasteiger partial charge in [-0.1, -0.05) is 333 Å². The van der Waals surface area contributed by atoms with Gasteiger partial charge in [0.05, 0.1) is 25.4 Å². The number of allylic oxidation sites excluding steroid dienone is 5. The van der Waals surface area contributed by atoms with Crippen molar-refractivity contribution in [1.82, 2.24) is 5.32 Å². The number of carbonyl (C=O) groups excluding carboxylic acids is 2. The fourth-order valence-corrected chi connectivity index (χ4v) is 10.5. The number of hydrogen-bond donors (Lipinski definition) is 3. The number of hydrogen-bond acceptors (Lipinski definition) is 5. The highest BCUT2D eigenvalue weighted by molar-refractivity contribution is 5.76. The van der Waals surface area contributed by atoms with Gasteiger partial charge in [0.2, 0.25) is 5.91 Å². The molecule has 0 rings (SSSR count). The van der Waals surface area contributed by atoms with E-state index in [4.69, 9.17) is 4.74 Å². The smallest absolute Gasteiger partial charge is 0.305 e. The lowest BCUT2D eigenvalue weighted by Gasteiger charge is -2.20. The van der Waals surface area contributed by atoms with Crippen molar-refractivity contribution in [3.05, 3.63) is 36.5 Å². The number of ether oxygens (including phenoxy) is 1. The Bertz CT molecular complexity index is 1210. The standard InChI is InChI=1S/C69H131NO5/c1-3-5-7-9-11-13-15-17-19-20-21-22-23-25-28-31-34-37-41-45-49-53-57-61-67(72)66(65-71)70-68(73)62-58-54-50-46-42-38-35-32-29-26-24-27-30-33-36-40-44-48-52-56-60-64-75-69(74)63-59-55-51-47-43-39-18-16-14-12-10-8-6-4-2/h10,12,16,18,57,61,66-67,71-72H,3-9,11,13-15,17,19-56,58-60,62-65H2,1-2H3,(H,70,73)/b12-10-,18-16-,61-57+. The molecule has 0 aliphatic heterocycles. The van der Waals surface area contributed by atoms with Crippen LogP contribution in [0.1, 0.15) is 367 Å². The van der Waals surface area contributed by atoms with Crippen LogP contribution in [0.3, 0.4) is 0 Å². The Hall–Kier alpha value is -1.92. The number of esters is 1. The van der Waals surface area contributed by atoms with E-state index in [0.29, 0.717) is 19.4 Å². The number of unbranched alkanes of at least 4 members (excludes halogenated alkanes) is 48. The summed E-state index contributed by atoms with van der Waals surface area (Å²) in [6.45, 7) is 4.88. The van der Waals surface area contributed by atoms with E-state index in [0.717, 1.165) is 51.4 Å². The minimum absolute atomic E-state index is 0.00280. The average molecular weight is 1050 g/mol. The highest BCUT2D eigenvalue weighted by atomic mass is 16.5. The molecule has 0 aliphatic carbocycles. The summed E-state index contributed by atoms with van der Waals surface area (Å²) in [6, 6.07) is -0.630. The van der Waals surface area contributed by atoms with Crippen LogP contribution in [0.5, 0.6) is 0 Å². The molecule has 2 atom stereocenters. The second kappa shape index (κ2) is 64.6. The molecule has 0 spiro atoms. The van der Waals surface area contributed by atoms with E-state index >= 15 is 0 Å². The van der Waals surface area contributed by atoms with Crippen molar-refractivity contribution in [2.24, 2.45) is 0 Å². The molecule has 0 aromatic rings. The predicted molar refractivity (Wildman–Crippen MR) is 329 cm³/mol. The van der Waals surface area contributed by atoms with E-state index in [1.54, 1.807) is 6.08 Å². The lowest BCUT2D eigenvalue weighted by atomic mass is 10.0. The van der Waals surface area contributed by atoms with Gasteiger partial charge in [0.25, 0.3) is 0 Å². The Morgan fingerprint density at radius 2 is 0.680 bits per heavy atom. The molecule has 1 amide bonds. The van der Waals surface area contributed by atoms with Crippen molar-refractivity contribution in [3.8, 4) is 0 Å². The summed E-state index contributed by atoms with van der Waals surface area (Å²) in [7, 11) is 0. The van der Waals surface area contributed by atoms with Crippen molar-refractivity contribution in [1.29, 1.82) is 0 Å². The van der Waals surface area contributed by atoms with Crippen molar-refractivity contribution >= 4 is 11.9 Å². The van der Waals surface area contributed by atoms with Crippen LogP contribution < -0.4 is 5.32 Å². The Labute approximate surface area is 468 Å². The van der Waals surface area contributed by atoms with Crippen molar-refractivity contribution in [3.63, 3.8) is 0 Å². The van der Waals surface area contributed by atoms with Crippen LogP contribution in [0.15, 0.2) is 36.5 Å². The summed E-state index contributed by atoms with van der Waals surface area (Å²) in [4.78, 5) is 24.6. The molecular formula is C69H131NO5. The molecular weight excluding hydrogens is 923 g/mol. The minimum Gasteiger partial charge on any atom is -0.466 e. The number of aliphatic hydroxyl groups is 2. The van der Waals surface area contributed by atoms with Gasteiger partial charge in [-0.15, -0.1) is 0 Å². The van der Waals surface area contributed by atoms with Crippen LogP contribution in [-0.2, 0) is 14.3 Å².